The van der Waals surface area contributed by atoms with Gasteiger partial charge in [0.05, 0.1) is 17.7 Å². The molecular weight excluding hydrogens is 268 g/mol. The van der Waals surface area contributed by atoms with Crippen molar-refractivity contribution in [2.75, 3.05) is 27.2 Å². The Morgan fingerprint density at radius 2 is 2.14 bits per heavy atom. The first-order valence-electron chi connectivity index (χ1n) is 6.77. The molecule has 0 aliphatic carbocycles. The maximum Gasteiger partial charge on any atom is 0.225 e. The molecule has 0 aliphatic rings. The number of oxime groups is 1. The molecule has 21 heavy (non-hydrogen) atoms. The van der Waals surface area contributed by atoms with Crippen molar-refractivity contribution < 1.29 is 9.94 Å². The fraction of sp³-hybridized carbons (Fsp3) is 0.333. The SMILES string of the molecule is CN(C)CCCOc1nc2ccccc2cc1C(N)=NO. The summed E-state index contributed by atoms with van der Waals surface area (Å²) in [4.78, 5) is 6.54. The number of amidine groups is 1. The molecule has 6 heteroatoms. The number of para-hydroxylation sites is 1. The first kappa shape index (κ1) is 15.1. The van der Waals surface area contributed by atoms with E-state index in [1.165, 1.54) is 0 Å². The lowest BCUT2D eigenvalue weighted by atomic mass is 10.1. The molecule has 0 saturated heterocycles. The van der Waals surface area contributed by atoms with Gasteiger partial charge in [-0.25, -0.2) is 4.98 Å². The van der Waals surface area contributed by atoms with Crippen LogP contribution in [0, 0.1) is 0 Å². The molecular formula is C15H20N4O2. The molecule has 2 aromatic rings. The highest BCUT2D eigenvalue weighted by atomic mass is 16.5. The van der Waals surface area contributed by atoms with Gasteiger partial charge >= 0.3 is 0 Å². The summed E-state index contributed by atoms with van der Waals surface area (Å²) in [6, 6.07) is 9.47. The van der Waals surface area contributed by atoms with Gasteiger partial charge in [0.1, 0.15) is 0 Å². The number of nitrogens with two attached hydrogens (primary N) is 1. The fourth-order valence-electron chi connectivity index (χ4n) is 2.00. The van der Waals surface area contributed by atoms with Gasteiger partial charge in [-0.1, -0.05) is 23.4 Å². The second kappa shape index (κ2) is 6.90. The number of hydrogen-bond acceptors (Lipinski definition) is 5. The molecule has 0 saturated carbocycles. The van der Waals surface area contributed by atoms with E-state index in [1.54, 1.807) is 0 Å². The molecule has 6 nitrogen and oxygen atoms in total. The average Bonchev–Trinajstić information content (AvgIpc) is 2.49. The van der Waals surface area contributed by atoms with Gasteiger partial charge in [-0.15, -0.1) is 0 Å². The Labute approximate surface area is 123 Å². The van der Waals surface area contributed by atoms with Crippen LogP contribution < -0.4 is 10.5 Å². The molecule has 0 bridgehead atoms. The third kappa shape index (κ3) is 3.82. The lowest BCUT2D eigenvalue weighted by Gasteiger charge is -2.13. The Morgan fingerprint density at radius 1 is 1.38 bits per heavy atom. The second-order valence-corrected chi connectivity index (χ2v) is 5.02. The van der Waals surface area contributed by atoms with Crippen molar-refractivity contribution >= 4 is 16.7 Å². The Hall–Kier alpha value is -2.34. The third-order valence-corrected chi connectivity index (χ3v) is 3.06. The normalized spacial score (nSPS) is 12.0. The van der Waals surface area contributed by atoms with Gasteiger partial charge in [-0.3, -0.25) is 0 Å². The number of benzene rings is 1. The highest BCUT2D eigenvalue weighted by molar-refractivity contribution is 6.02. The molecule has 0 radical (unpaired) electrons. The van der Waals surface area contributed by atoms with Crippen LogP contribution in [0.25, 0.3) is 10.9 Å². The van der Waals surface area contributed by atoms with Crippen molar-refractivity contribution in [3.8, 4) is 5.88 Å². The number of pyridine rings is 1. The van der Waals surface area contributed by atoms with Crippen molar-refractivity contribution in [2.45, 2.75) is 6.42 Å². The van der Waals surface area contributed by atoms with Crippen molar-refractivity contribution in [3.63, 3.8) is 0 Å². The van der Waals surface area contributed by atoms with Crippen LogP contribution in [0.2, 0.25) is 0 Å². The van der Waals surface area contributed by atoms with Crippen LogP contribution in [0.5, 0.6) is 5.88 Å². The second-order valence-electron chi connectivity index (χ2n) is 5.02. The Bertz CT molecular complexity index is 641. The summed E-state index contributed by atoms with van der Waals surface area (Å²) in [6.07, 6.45) is 0.872. The number of aromatic nitrogens is 1. The van der Waals surface area contributed by atoms with Gasteiger partial charge in [0.2, 0.25) is 5.88 Å². The molecule has 1 heterocycles. The molecule has 1 aromatic heterocycles. The zero-order valence-electron chi connectivity index (χ0n) is 12.3. The Morgan fingerprint density at radius 3 is 2.86 bits per heavy atom. The highest BCUT2D eigenvalue weighted by Gasteiger charge is 2.12. The molecule has 0 aliphatic heterocycles. The van der Waals surface area contributed by atoms with E-state index < -0.39 is 0 Å². The first-order valence-corrected chi connectivity index (χ1v) is 6.77. The highest BCUT2D eigenvalue weighted by Crippen LogP contribution is 2.22. The van der Waals surface area contributed by atoms with E-state index in [4.69, 9.17) is 15.7 Å². The van der Waals surface area contributed by atoms with Crippen molar-refractivity contribution in [3.05, 3.63) is 35.9 Å². The number of hydrogen-bond donors (Lipinski definition) is 2. The van der Waals surface area contributed by atoms with Crippen molar-refractivity contribution in [1.82, 2.24) is 9.88 Å². The number of fused-ring (bicyclic) bond motifs is 1. The first-order chi connectivity index (χ1) is 10.1. The van der Waals surface area contributed by atoms with Crippen LogP contribution in [0.4, 0.5) is 0 Å². The number of rotatable bonds is 6. The summed E-state index contributed by atoms with van der Waals surface area (Å²) in [7, 11) is 4.02. The van der Waals surface area contributed by atoms with Crippen LogP contribution in [0.1, 0.15) is 12.0 Å². The monoisotopic (exact) mass is 288 g/mol. The lowest BCUT2D eigenvalue weighted by Crippen LogP contribution is -2.18. The van der Waals surface area contributed by atoms with E-state index in [-0.39, 0.29) is 5.84 Å². The number of ether oxygens (including phenoxy) is 1. The Kier molecular flexibility index (Phi) is 4.94. The fourth-order valence-corrected chi connectivity index (χ4v) is 2.00. The van der Waals surface area contributed by atoms with E-state index in [1.807, 2.05) is 44.4 Å². The quantitative estimate of drug-likeness (QED) is 0.278. The van der Waals surface area contributed by atoms with Crippen LogP contribution in [-0.4, -0.2) is 48.2 Å². The van der Waals surface area contributed by atoms with Crippen LogP contribution in [0.15, 0.2) is 35.5 Å². The third-order valence-electron chi connectivity index (χ3n) is 3.06. The molecule has 0 atom stereocenters. The minimum absolute atomic E-state index is 0.00383. The Balaban J connectivity index is 2.26. The topological polar surface area (TPSA) is 84.0 Å². The van der Waals surface area contributed by atoms with Crippen LogP contribution in [-0.2, 0) is 0 Å². The summed E-state index contributed by atoms with van der Waals surface area (Å²) in [5, 5.41) is 12.9. The summed E-state index contributed by atoms with van der Waals surface area (Å²) >= 11 is 0. The molecule has 0 fully saturated rings. The summed E-state index contributed by atoms with van der Waals surface area (Å²) in [6.45, 7) is 1.45. The average molecular weight is 288 g/mol. The summed E-state index contributed by atoms with van der Waals surface area (Å²) < 4.78 is 5.71. The zero-order valence-corrected chi connectivity index (χ0v) is 12.3. The smallest absolute Gasteiger partial charge is 0.225 e. The predicted octanol–water partition coefficient (Wildman–Crippen LogP) is 1.66. The molecule has 1 aromatic carbocycles. The molecule has 112 valence electrons. The van der Waals surface area contributed by atoms with E-state index in [0.717, 1.165) is 23.9 Å². The zero-order chi connectivity index (χ0) is 15.2. The summed E-state index contributed by atoms with van der Waals surface area (Å²) in [5.41, 5.74) is 7.03. The van der Waals surface area contributed by atoms with Crippen LogP contribution >= 0.6 is 0 Å². The standard InChI is InChI=1S/C15H20N4O2/c1-19(2)8-5-9-21-15-12(14(16)18-20)10-11-6-3-4-7-13(11)17-15/h3-4,6-7,10,20H,5,8-9H2,1-2H3,(H2,16,18). The van der Waals surface area contributed by atoms with E-state index in [0.29, 0.717) is 18.1 Å². The molecule has 2 rings (SSSR count). The predicted molar refractivity (Wildman–Crippen MR) is 82.9 cm³/mol. The lowest BCUT2D eigenvalue weighted by molar-refractivity contribution is 0.273. The van der Waals surface area contributed by atoms with E-state index in [9.17, 15) is 0 Å². The molecule has 0 unspecified atom stereocenters. The summed E-state index contributed by atoms with van der Waals surface area (Å²) in [5.74, 6) is 0.388. The minimum atomic E-state index is -0.00383. The van der Waals surface area contributed by atoms with Gasteiger partial charge in [-0.05, 0) is 32.6 Å². The largest absolute Gasteiger partial charge is 0.477 e. The van der Waals surface area contributed by atoms with Gasteiger partial charge in [0, 0.05) is 11.9 Å². The van der Waals surface area contributed by atoms with E-state index in [2.05, 4.69) is 15.0 Å². The van der Waals surface area contributed by atoms with Crippen molar-refractivity contribution in [2.24, 2.45) is 10.9 Å². The van der Waals surface area contributed by atoms with Crippen molar-refractivity contribution in [1.29, 1.82) is 0 Å². The molecule has 0 amide bonds. The van der Waals surface area contributed by atoms with E-state index >= 15 is 0 Å². The maximum atomic E-state index is 8.90. The van der Waals surface area contributed by atoms with Gasteiger partial charge < -0.3 is 20.6 Å². The van der Waals surface area contributed by atoms with Gasteiger partial charge in [-0.2, -0.15) is 0 Å². The number of nitrogens with zero attached hydrogens (tertiary/aromatic N) is 3. The van der Waals surface area contributed by atoms with Crippen LogP contribution in [0.3, 0.4) is 0 Å². The van der Waals surface area contributed by atoms with Gasteiger partial charge in [0.15, 0.2) is 5.84 Å². The van der Waals surface area contributed by atoms with Gasteiger partial charge in [0.25, 0.3) is 0 Å². The maximum absolute atomic E-state index is 8.90. The molecule has 0 spiro atoms. The minimum Gasteiger partial charge on any atom is -0.477 e. The molecule has 3 N–H and O–H groups in total.